The van der Waals surface area contributed by atoms with Crippen LogP contribution in [0, 0.1) is 0 Å². The van der Waals surface area contributed by atoms with Gasteiger partial charge in [0.2, 0.25) is 0 Å². The minimum absolute atomic E-state index is 0.0219. The summed E-state index contributed by atoms with van der Waals surface area (Å²) in [6.45, 7) is 11.5. The Morgan fingerprint density at radius 2 is 2.07 bits per heavy atom. The SMILES string of the molecule is CC(C)O[C@@]12CC=C(OC(C)(C)C)C3Oc4c(CO)ccc5c4C31CCN(C)[C@@H]2C5. The van der Waals surface area contributed by atoms with Crippen molar-refractivity contribution >= 4 is 0 Å². The summed E-state index contributed by atoms with van der Waals surface area (Å²) in [7, 11) is 2.23. The summed E-state index contributed by atoms with van der Waals surface area (Å²) in [6, 6.07) is 4.51. The number of aliphatic hydroxyl groups is 1. The van der Waals surface area contributed by atoms with E-state index in [0.29, 0.717) is 0 Å². The highest BCUT2D eigenvalue weighted by Crippen LogP contribution is 2.66. The van der Waals surface area contributed by atoms with Crippen molar-refractivity contribution in [2.75, 3.05) is 13.6 Å². The third-order valence-electron chi connectivity index (χ3n) is 7.46. The molecule has 0 saturated carbocycles. The minimum atomic E-state index is -0.365. The highest BCUT2D eigenvalue weighted by atomic mass is 16.6. The van der Waals surface area contributed by atoms with Gasteiger partial charge in [0.05, 0.1) is 18.1 Å². The second-order valence-corrected chi connectivity index (χ2v) is 10.7. The second-order valence-electron chi connectivity index (χ2n) is 10.7. The number of benzene rings is 1. The van der Waals surface area contributed by atoms with E-state index >= 15 is 0 Å². The molecule has 2 unspecified atom stereocenters. The van der Waals surface area contributed by atoms with Crippen LogP contribution in [0.3, 0.4) is 0 Å². The first-order chi connectivity index (χ1) is 14.1. The zero-order chi connectivity index (χ0) is 21.5. The van der Waals surface area contributed by atoms with Crippen molar-refractivity contribution in [1.29, 1.82) is 0 Å². The predicted octanol–water partition coefficient (Wildman–Crippen LogP) is 3.70. The molecule has 4 aliphatic rings. The van der Waals surface area contributed by atoms with Crippen molar-refractivity contribution in [3.63, 3.8) is 0 Å². The fourth-order valence-electron chi connectivity index (χ4n) is 6.61. The zero-order valence-electron chi connectivity index (χ0n) is 19.1. The van der Waals surface area contributed by atoms with Gasteiger partial charge in [-0.05, 0) is 72.7 Å². The summed E-state index contributed by atoms with van der Waals surface area (Å²) in [5.74, 6) is 1.78. The first-order valence-electron chi connectivity index (χ1n) is 11.3. The number of piperidine rings is 1. The first-order valence-corrected chi connectivity index (χ1v) is 11.3. The van der Waals surface area contributed by atoms with E-state index in [1.807, 2.05) is 6.07 Å². The summed E-state index contributed by atoms with van der Waals surface area (Å²) >= 11 is 0. The first kappa shape index (κ1) is 20.3. The molecule has 1 spiro atoms. The maximum atomic E-state index is 10.1. The van der Waals surface area contributed by atoms with Crippen LogP contribution >= 0.6 is 0 Å². The molecule has 5 nitrogen and oxygen atoms in total. The van der Waals surface area contributed by atoms with Gasteiger partial charge >= 0.3 is 0 Å². The Bertz CT molecular complexity index is 901. The van der Waals surface area contributed by atoms with Gasteiger partial charge in [0.1, 0.15) is 22.7 Å². The molecule has 164 valence electrons. The molecule has 5 heteroatoms. The highest BCUT2D eigenvalue weighted by Gasteiger charge is 2.73. The molecule has 0 aromatic heterocycles. The van der Waals surface area contributed by atoms with Crippen molar-refractivity contribution < 1.29 is 19.3 Å². The number of likely N-dealkylation sites (tertiary alicyclic amines) is 1. The van der Waals surface area contributed by atoms with Gasteiger partial charge in [0, 0.05) is 23.6 Å². The Morgan fingerprint density at radius 1 is 1.30 bits per heavy atom. The Labute approximate surface area is 180 Å². The second kappa shape index (κ2) is 6.47. The topological polar surface area (TPSA) is 51.2 Å². The summed E-state index contributed by atoms with van der Waals surface area (Å²) < 4.78 is 20.2. The van der Waals surface area contributed by atoms with E-state index in [1.165, 1.54) is 11.1 Å². The standard InChI is InChI=1S/C25H35NO4/c1-15(2)29-25-10-9-18(30-23(3,4)5)22-24(25)11-12-26(6)19(25)13-16-7-8-17(14-27)21(28-22)20(16)24/h7-9,15,19,22,27H,10-14H2,1-6H3/t19-,22?,24?,25-/m1/s1. The van der Waals surface area contributed by atoms with Crippen molar-refractivity contribution in [1.82, 2.24) is 4.90 Å². The third-order valence-corrected chi connectivity index (χ3v) is 7.46. The Morgan fingerprint density at radius 3 is 2.73 bits per heavy atom. The zero-order valence-corrected chi connectivity index (χ0v) is 19.1. The van der Waals surface area contributed by atoms with Crippen LogP contribution in [-0.2, 0) is 27.9 Å². The number of aliphatic hydroxyl groups excluding tert-OH is 1. The van der Waals surface area contributed by atoms with E-state index in [0.717, 1.165) is 42.9 Å². The summed E-state index contributed by atoms with van der Waals surface area (Å²) in [5.41, 5.74) is 2.51. The number of ether oxygens (including phenoxy) is 3. The Balaban J connectivity index is 1.79. The normalized spacial score (nSPS) is 34.5. The molecular formula is C25H35NO4. The van der Waals surface area contributed by atoms with E-state index in [4.69, 9.17) is 14.2 Å². The molecule has 30 heavy (non-hydrogen) atoms. The van der Waals surface area contributed by atoms with Crippen LogP contribution in [0.25, 0.3) is 0 Å². The smallest absolute Gasteiger partial charge is 0.168 e. The highest BCUT2D eigenvalue weighted by molar-refractivity contribution is 5.62. The number of likely N-dealkylation sites (N-methyl/N-ethyl adjacent to an activating group) is 1. The lowest BCUT2D eigenvalue weighted by molar-refractivity contribution is -0.216. The molecule has 1 aromatic rings. The number of hydrogen-bond acceptors (Lipinski definition) is 5. The lowest BCUT2D eigenvalue weighted by Crippen LogP contribution is -2.75. The average Bonchev–Trinajstić information content (AvgIpc) is 3.00. The van der Waals surface area contributed by atoms with E-state index in [9.17, 15) is 5.11 Å². The molecule has 2 aliphatic heterocycles. The van der Waals surface area contributed by atoms with Crippen molar-refractivity contribution in [2.45, 2.75) is 95.4 Å². The molecule has 0 amide bonds. The van der Waals surface area contributed by atoms with Crippen LogP contribution in [-0.4, -0.2) is 53.1 Å². The largest absolute Gasteiger partial charge is 0.489 e. The van der Waals surface area contributed by atoms with Gasteiger partial charge in [-0.15, -0.1) is 0 Å². The van der Waals surface area contributed by atoms with Crippen molar-refractivity contribution in [2.24, 2.45) is 0 Å². The fraction of sp³-hybridized carbons (Fsp3) is 0.680. The summed E-state index contributed by atoms with van der Waals surface area (Å²) in [4.78, 5) is 2.48. The van der Waals surface area contributed by atoms with Crippen LogP contribution in [0.4, 0.5) is 0 Å². The molecule has 2 aliphatic carbocycles. The number of hydrogen-bond donors (Lipinski definition) is 1. The fourth-order valence-corrected chi connectivity index (χ4v) is 6.61. The average molecular weight is 414 g/mol. The van der Waals surface area contributed by atoms with Crippen LogP contribution in [0.2, 0.25) is 0 Å². The predicted molar refractivity (Wildman–Crippen MR) is 116 cm³/mol. The van der Waals surface area contributed by atoms with Gasteiger partial charge in [0.25, 0.3) is 0 Å². The Kier molecular flexibility index (Phi) is 4.39. The molecule has 1 N–H and O–H groups in total. The van der Waals surface area contributed by atoms with Gasteiger partial charge in [-0.3, -0.25) is 0 Å². The molecule has 0 radical (unpaired) electrons. The van der Waals surface area contributed by atoms with Crippen LogP contribution in [0.5, 0.6) is 5.75 Å². The monoisotopic (exact) mass is 413 g/mol. The van der Waals surface area contributed by atoms with E-state index in [-0.39, 0.29) is 41.5 Å². The maximum absolute atomic E-state index is 10.1. The third kappa shape index (κ3) is 2.52. The van der Waals surface area contributed by atoms with Crippen molar-refractivity contribution in [3.8, 4) is 5.75 Å². The van der Waals surface area contributed by atoms with Gasteiger partial charge in [-0.25, -0.2) is 0 Å². The Hall–Kier alpha value is -1.56. The van der Waals surface area contributed by atoms with Gasteiger partial charge in [0.15, 0.2) is 6.10 Å². The van der Waals surface area contributed by atoms with Gasteiger partial charge in [-0.1, -0.05) is 12.1 Å². The van der Waals surface area contributed by atoms with Gasteiger partial charge in [-0.2, -0.15) is 0 Å². The minimum Gasteiger partial charge on any atom is -0.489 e. The lowest BCUT2D eigenvalue weighted by Gasteiger charge is -2.64. The molecule has 4 atom stereocenters. The maximum Gasteiger partial charge on any atom is 0.168 e. The van der Waals surface area contributed by atoms with Gasteiger partial charge < -0.3 is 24.2 Å². The molecule has 2 bridgehead atoms. The van der Waals surface area contributed by atoms with E-state index < -0.39 is 0 Å². The molecule has 2 heterocycles. The summed E-state index contributed by atoms with van der Waals surface area (Å²) in [6.07, 6.45) is 4.82. The lowest BCUT2D eigenvalue weighted by atomic mass is 9.50. The van der Waals surface area contributed by atoms with E-state index in [2.05, 4.69) is 58.7 Å². The quantitative estimate of drug-likeness (QED) is 0.816. The molecule has 1 saturated heterocycles. The van der Waals surface area contributed by atoms with Crippen LogP contribution in [0.1, 0.15) is 64.2 Å². The van der Waals surface area contributed by atoms with E-state index in [1.54, 1.807) is 0 Å². The molecule has 5 rings (SSSR count). The molecule has 1 aromatic carbocycles. The summed E-state index contributed by atoms with van der Waals surface area (Å²) in [5, 5.41) is 10.1. The van der Waals surface area contributed by atoms with Crippen LogP contribution < -0.4 is 4.74 Å². The number of nitrogens with zero attached hydrogens (tertiary/aromatic N) is 1. The number of rotatable bonds is 4. The van der Waals surface area contributed by atoms with Crippen molar-refractivity contribution in [3.05, 3.63) is 40.7 Å². The molecular weight excluding hydrogens is 378 g/mol. The van der Waals surface area contributed by atoms with Crippen LogP contribution in [0.15, 0.2) is 24.0 Å². The molecule has 1 fully saturated rings.